The zero-order valence-electron chi connectivity index (χ0n) is 8.48. The number of anilines is 1. The Morgan fingerprint density at radius 3 is 2.46 bits per heavy atom. The SMILES string of the molecule is CNc1ccnc(C(C)(C)C)c1F. The Kier molecular flexibility index (Phi) is 2.55. The van der Waals surface area contributed by atoms with Gasteiger partial charge in [-0.05, 0) is 6.07 Å². The third-order valence-electron chi connectivity index (χ3n) is 1.87. The second kappa shape index (κ2) is 3.32. The fraction of sp³-hybridized carbons (Fsp3) is 0.500. The lowest BCUT2D eigenvalue weighted by molar-refractivity contribution is 0.505. The molecular formula is C10H15FN2. The largest absolute Gasteiger partial charge is 0.386 e. The summed E-state index contributed by atoms with van der Waals surface area (Å²) in [6.45, 7) is 5.83. The molecule has 0 aliphatic rings. The average molecular weight is 182 g/mol. The Morgan fingerprint density at radius 1 is 1.38 bits per heavy atom. The van der Waals surface area contributed by atoms with Crippen LogP contribution in [-0.2, 0) is 5.41 Å². The molecule has 72 valence electrons. The number of hydrogen-bond donors (Lipinski definition) is 1. The summed E-state index contributed by atoms with van der Waals surface area (Å²) in [5, 5.41) is 2.79. The van der Waals surface area contributed by atoms with E-state index in [-0.39, 0.29) is 11.2 Å². The Bertz CT molecular complexity index is 302. The van der Waals surface area contributed by atoms with Crippen LogP contribution < -0.4 is 5.32 Å². The van der Waals surface area contributed by atoms with Crippen LogP contribution in [0.15, 0.2) is 12.3 Å². The van der Waals surface area contributed by atoms with Gasteiger partial charge in [0, 0.05) is 18.7 Å². The van der Waals surface area contributed by atoms with Crippen LogP contribution >= 0.6 is 0 Å². The van der Waals surface area contributed by atoms with Crippen molar-refractivity contribution >= 4 is 5.69 Å². The van der Waals surface area contributed by atoms with Crippen molar-refractivity contribution in [2.45, 2.75) is 26.2 Å². The number of nitrogens with one attached hydrogen (secondary N) is 1. The zero-order chi connectivity index (χ0) is 10.1. The summed E-state index contributed by atoms with van der Waals surface area (Å²) >= 11 is 0. The van der Waals surface area contributed by atoms with Crippen molar-refractivity contribution in [3.05, 3.63) is 23.8 Å². The van der Waals surface area contributed by atoms with Gasteiger partial charge < -0.3 is 5.32 Å². The smallest absolute Gasteiger partial charge is 0.168 e. The fourth-order valence-corrected chi connectivity index (χ4v) is 1.16. The van der Waals surface area contributed by atoms with E-state index >= 15 is 0 Å². The maximum atomic E-state index is 13.6. The van der Waals surface area contributed by atoms with Crippen LogP contribution in [0.3, 0.4) is 0 Å². The van der Waals surface area contributed by atoms with Gasteiger partial charge in [-0.15, -0.1) is 0 Å². The van der Waals surface area contributed by atoms with Crippen LogP contribution in [0, 0.1) is 5.82 Å². The van der Waals surface area contributed by atoms with Gasteiger partial charge in [0.15, 0.2) is 5.82 Å². The summed E-state index contributed by atoms with van der Waals surface area (Å²) in [6.07, 6.45) is 1.62. The van der Waals surface area contributed by atoms with Crippen molar-refractivity contribution in [2.24, 2.45) is 0 Å². The first-order valence-corrected chi connectivity index (χ1v) is 4.29. The summed E-state index contributed by atoms with van der Waals surface area (Å²) in [4.78, 5) is 4.04. The molecule has 13 heavy (non-hydrogen) atoms. The normalized spacial score (nSPS) is 11.5. The number of pyridine rings is 1. The van der Waals surface area contributed by atoms with Gasteiger partial charge in [0.1, 0.15) is 0 Å². The van der Waals surface area contributed by atoms with E-state index in [2.05, 4.69) is 10.3 Å². The van der Waals surface area contributed by atoms with Crippen LogP contribution in [-0.4, -0.2) is 12.0 Å². The van der Waals surface area contributed by atoms with Gasteiger partial charge in [-0.1, -0.05) is 20.8 Å². The van der Waals surface area contributed by atoms with E-state index in [1.54, 1.807) is 19.3 Å². The predicted molar refractivity (Wildman–Crippen MR) is 52.4 cm³/mol. The third-order valence-corrected chi connectivity index (χ3v) is 1.87. The molecule has 0 bridgehead atoms. The van der Waals surface area contributed by atoms with Gasteiger partial charge in [0.25, 0.3) is 0 Å². The Hall–Kier alpha value is -1.12. The molecule has 0 atom stereocenters. The topological polar surface area (TPSA) is 24.9 Å². The van der Waals surface area contributed by atoms with E-state index in [0.717, 1.165) is 0 Å². The van der Waals surface area contributed by atoms with Crippen molar-refractivity contribution in [1.82, 2.24) is 4.98 Å². The first-order chi connectivity index (χ1) is 5.96. The van der Waals surface area contributed by atoms with Gasteiger partial charge in [0.05, 0.1) is 11.4 Å². The van der Waals surface area contributed by atoms with E-state index in [1.165, 1.54) is 0 Å². The minimum absolute atomic E-state index is 0.252. The summed E-state index contributed by atoms with van der Waals surface area (Å²) in [5.41, 5.74) is 0.746. The number of halogens is 1. The first-order valence-electron chi connectivity index (χ1n) is 4.29. The van der Waals surface area contributed by atoms with Crippen LogP contribution in [0.2, 0.25) is 0 Å². The molecule has 0 saturated heterocycles. The molecule has 0 radical (unpaired) electrons. The summed E-state index contributed by atoms with van der Waals surface area (Å²) in [7, 11) is 1.70. The highest BCUT2D eigenvalue weighted by atomic mass is 19.1. The van der Waals surface area contributed by atoms with Gasteiger partial charge >= 0.3 is 0 Å². The number of rotatable bonds is 1. The van der Waals surface area contributed by atoms with Crippen LogP contribution in [0.5, 0.6) is 0 Å². The molecule has 0 aliphatic heterocycles. The van der Waals surface area contributed by atoms with E-state index in [1.807, 2.05) is 20.8 Å². The minimum Gasteiger partial charge on any atom is -0.386 e. The Balaban J connectivity index is 3.24. The number of hydrogen-bond acceptors (Lipinski definition) is 2. The monoisotopic (exact) mass is 182 g/mol. The molecule has 1 heterocycles. The molecule has 1 N–H and O–H groups in total. The molecule has 0 aliphatic carbocycles. The second-order valence-corrected chi connectivity index (χ2v) is 4.02. The molecule has 1 rings (SSSR count). The Labute approximate surface area is 78.2 Å². The molecule has 0 spiro atoms. The molecule has 0 amide bonds. The number of nitrogens with zero attached hydrogens (tertiary/aromatic N) is 1. The lowest BCUT2D eigenvalue weighted by atomic mass is 9.91. The van der Waals surface area contributed by atoms with Crippen LogP contribution in [0.4, 0.5) is 10.1 Å². The molecule has 1 aromatic heterocycles. The molecule has 1 aromatic rings. The van der Waals surface area contributed by atoms with Gasteiger partial charge in [-0.25, -0.2) is 4.39 Å². The first kappa shape index (κ1) is 9.96. The summed E-state index contributed by atoms with van der Waals surface area (Å²) in [6, 6.07) is 1.63. The highest BCUT2D eigenvalue weighted by molar-refractivity contribution is 5.45. The minimum atomic E-state index is -0.253. The maximum absolute atomic E-state index is 13.6. The molecule has 2 nitrogen and oxygen atoms in total. The Morgan fingerprint density at radius 2 is 2.00 bits per heavy atom. The van der Waals surface area contributed by atoms with Crippen molar-refractivity contribution in [1.29, 1.82) is 0 Å². The molecule has 0 saturated carbocycles. The van der Waals surface area contributed by atoms with Crippen LogP contribution in [0.1, 0.15) is 26.5 Å². The number of aromatic nitrogens is 1. The highest BCUT2D eigenvalue weighted by Gasteiger charge is 2.21. The lowest BCUT2D eigenvalue weighted by Gasteiger charge is -2.19. The van der Waals surface area contributed by atoms with E-state index in [9.17, 15) is 4.39 Å². The van der Waals surface area contributed by atoms with Gasteiger partial charge in [-0.3, -0.25) is 4.98 Å². The van der Waals surface area contributed by atoms with Crippen molar-refractivity contribution in [3.8, 4) is 0 Å². The quantitative estimate of drug-likeness (QED) is 0.722. The second-order valence-electron chi connectivity index (χ2n) is 4.02. The average Bonchev–Trinajstić information content (AvgIpc) is 2.02. The van der Waals surface area contributed by atoms with E-state index in [4.69, 9.17) is 0 Å². The maximum Gasteiger partial charge on any atom is 0.168 e. The molecule has 0 fully saturated rings. The standard InChI is InChI=1S/C10H15FN2/c1-10(2,3)9-8(11)7(12-4)5-6-13-9/h5-6H,1-4H3,(H,12,13). The third kappa shape index (κ3) is 1.97. The van der Waals surface area contributed by atoms with E-state index < -0.39 is 0 Å². The fourth-order valence-electron chi connectivity index (χ4n) is 1.16. The van der Waals surface area contributed by atoms with Gasteiger partial charge in [0.2, 0.25) is 0 Å². The summed E-state index contributed by atoms with van der Waals surface area (Å²) in [5.74, 6) is -0.252. The lowest BCUT2D eigenvalue weighted by Crippen LogP contribution is -2.16. The zero-order valence-corrected chi connectivity index (χ0v) is 8.48. The van der Waals surface area contributed by atoms with Crippen molar-refractivity contribution < 1.29 is 4.39 Å². The molecule has 0 aromatic carbocycles. The molecule has 3 heteroatoms. The van der Waals surface area contributed by atoms with Crippen LogP contribution in [0.25, 0.3) is 0 Å². The summed E-state index contributed by atoms with van der Waals surface area (Å²) < 4.78 is 13.6. The highest BCUT2D eigenvalue weighted by Crippen LogP contribution is 2.26. The van der Waals surface area contributed by atoms with Gasteiger partial charge in [-0.2, -0.15) is 0 Å². The molecule has 0 unspecified atom stereocenters. The molecular weight excluding hydrogens is 167 g/mol. The predicted octanol–water partition coefficient (Wildman–Crippen LogP) is 2.56. The van der Waals surface area contributed by atoms with Crippen molar-refractivity contribution in [3.63, 3.8) is 0 Å². The van der Waals surface area contributed by atoms with E-state index in [0.29, 0.717) is 11.4 Å². The van der Waals surface area contributed by atoms with Crippen molar-refractivity contribution in [2.75, 3.05) is 12.4 Å².